The third-order valence-corrected chi connectivity index (χ3v) is 4.78. The fourth-order valence-corrected chi connectivity index (χ4v) is 3.49. The molecule has 0 aliphatic heterocycles. The van der Waals surface area contributed by atoms with Crippen LogP contribution in [0, 0.1) is 0 Å². The minimum atomic E-state index is -0.571. The van der Waals surface area contributed by atoms with Crippen LogP contribution in [0.3, 0.4) is 0 Å². The van der Waals surface area contributed by atoms with Gasteiger partial charge in [-0.25, -0.2) is 9.78 Å². The smallest absolute Gasteiger partial charge is 0.413 e. The van der Waals surface area contributed by atoms with E-state index in [4.69, 9.17) is 4.74 Å². The van der Waals surface area contributed by atoms with Crippen LogP contribution < -0.4 is 10.6 Å². The molecule has 28 heavy (non-hydrogen) atoms. The zero-order valence-corrected chi connectivity index (χ0v) is 16.3. The van der Waals surface area contributed by atoms with Crippen LogP contribution in [-0.4, -0.2) is 23.6 Å². The lowest BCUT2D eigenvalue weighted by molar-refractivity contribution is -0.116. The molecular formula is C21H21N3O3S. The highest BCUT2D eigenvalue weighted by atomic mass is 32.1. The second-order valence-electron chi connectivity index (χ2n) is 5.94. The van der Waals surface area contributed by atoms with E-state index in [9.17, 15) is 9.59 Å². The largest absolute Gasteiger partial charge is 0.450 e. The molecule has 0 aliphatic carbocycles. The zero-order valence-electron chi connectivity index (χ0n) is 15.5. The molecule has 6 nitrogen and oxygen atoms in total. The Hall–Kier alpha value is -3.19. The van der Waals surface area contributed by atoms with Gasteiger partial charge in [-0.2, -0.15) is 0 Å². The number of anilines is 2. The molecule has 2 amide bonds. The van der Waals surface area contributed by atoms with E-state index in [0.717, 1.165) is 11.1 Å². The lowest BCUT2D eigenvalue weighted by atomic mass is 10.1. The van der Waals surface area contributed by atoms with Gasteiger partial charge >= 0.3 is 6.09 Å². The van der Waals surface area contributed by atoms with Crippen LogP contribution in [0.5, 0.6) is 0 Å². The molecule has 1 heterocycles. The van der Waals surface area contributed by atoms with Gasteiger partial charge in [0.1, 0.15) is 10.7 Å². The van der Waals surface area contributed by atoms with E-state index in [1.165, 1.54) is 11.3 Å². The second-order valence-corrected chi connectivity index (χ2v) is 6.94. The first kappa shape index (κ1) is 19.6. The number of nitrogens with one attached hydrogen (secondary N) is 2. The molecule has 2 N–H and O–H groups in total. The summed E-state index contributed by atoms with van der Waals surface area (Å²) in [6, 6.07) is 19.4. The molecule has 0 saturated carbocycles. The average molecular weight is 395 g/mol. The maximum Gasteiger partial charge on any atom is 0.413 e. The van der Waals surface area contributed by atoms with Crippen LogP contribution in [0.15, 0.2) is 60.7 Å². The predicted molar refractivity (Wildman–Crippen MR) is 112 cm³/mol. The highest BCUT2D eigenvalue weighted by molar-refractivity contribution is 7.20. The first-order valence-electron chi connectivity index (χ1n) is 8.99. The number of carbonyl (C=O) groups is 2. The van der Waals surface area contributed by atoms with E-state index in [1.54, 1.807) is 6.92 Å². The van der Waals surface area contributed by atoms with Gasteiger partial charge in [-0.3, -0.25) is 10.1 Å². The van der Waals surface area contributed by atoms with Crippen molar-refractivity contribution in [2.45, 2.75) is 19.8 Å². The highest BCUT2D eigenvalue weighted by Gasteiger charge is 2.17. The van der Waals surface area contributed by atoms with Gasteiger partial charge in [0.25, 0.3) is 0 Å². The number of amides is 2. The molecule has 0 atom stereocenters. The first-order valence-corrected chi connectivity index (χ1v) is 9.81. The molecule has 0 radical (unpaired) electrons. The third-order valence-electron chi connectivity index (χ3n) is 3.90. The number of thiazole rings is 1. The van der Waals surface area contributed by atoms with Crippen molar-refractivity contribution in [2.75, 3.05) is 17.2 Å². The summed E-state index contributed by atoms with van der Waals surface area (Å²) in [5.41, 5.74) is 2.58. The SMILES string of the molecule is CCOC(=O)Nc1nc(-c2ccccc2)c(NC(=O)CCc2ccccc2)s1. The summed E-state index contributed by atoms with van der Waals surface area (Å²) >= 11 is 1.20. The molecule has 0 spiro atoms. The molecule has 0 saturated heterocycles. The molecule has 2 aromatic carbocycles. The quantitative estimate of drug-likeness (QED) is 0.593. The Balaban J connectivity index is 1.75. The highest BCUT2D eigenvalue weighted by Crippen LogP contribution is 2.36. The average Bonchev–Trinajstić information content (AvgIpc) is 3.10. The Labute approximate surface area is 167 Å². The maximum absolute atomic E-state index is 12.5. The van der Waals surface area contributed by atoms with Crippen molar-refractivity contribution >= 4 is 33.5 Å². The van der Waals surface area contributed by atoms with Crippen molar-refractivity contribution in [1.29, 1.82) is 0 Å². The van der Waals surface area contributed by atoms with Crippen LogP contribution in [0.4, 0.5) is 14.9 Å². The molecule has 3 rings (SSSR count). The summed E-state index contributed by atoms with van der Waals surface area (Å²) in [4.78, 5) is 28.6. The summed E-state index contributed by atoms with van der Waals surface area (Å²) in [6.45, 7) is 2.00. The van der Waals surface area contributed by atoms with Crippen LogP contribution in [0.1, 0.15) is 18.9 Å². The van der Waals surface area contributed by atoms with Crippen molar-refractivity contribution in [3.63, 3.8) is 0 Å². The van der Waals surface area contributed by atoms with Gasteiger partial charge in [0, 0.05) is 12.0 Å². The summed E-state index contributed by atoms with van der Waals surface area (Å²) in [5.74, 6) is -0.104. The standard InChI is InChI=1S/C21H21N3O3S/c1-2-27-21(26)24-20-23-18(16-11-7-4-8-12-16)19(28-20)22-17(25)14-13-15-9-5-3-6-10-15/h3-12H,2,13-14H2,1H3,(H,22,25)(H,23,24,26). The van der Waals surface area contributed by atoms with Crippen molar-refractivity contribution in [1.82, 2.24) is 4.98 Å². The second kappa shape index (κ2) is 9.66. The normalized spacial score (nSPS) is 10.3. The molecule has 1 aromatic heterocycles. The number of hydrogen-bond acceptors (Lipinski definition) is 5. The van der Waals surface area contributed by atoms with Gasteiger partial charge in [-0.1, -0.05) is 72.0 Å². The Kier molecular flexibility index (Phi) is 6.75. The van der Waals surface area contributed by atoms with Gasteiger partial charge in [-0.15, -0.1) is 0 Å². The Bertz CT molecular complexity index is 927. The Morgan fingerprint density at radius 3 is 2.36 bits per heavy atom. The molecule has 144 valence electrons. The number of carbonyl (C=O) groups excluding carboxylic acids is 2. The number of hydrogen-bond donors (Lipinski definition) is 2. The van der Waals surface area contributed by atoms with Gasteiger partial charge < -0.3 is 10.1 Å². The van der Waals surface area contributed by atoms with Crippen molar-refractivity contribution in [3.05, 3.63) is 66.2 Å². The van der Waals surface area contributed by atoms with Crippen molar-refractivity contribution < 1.29 is 14.3 Å². The van der Waals surface area contributed by atoms with Crippen LogP contribution >= 0.6 is 11.3 Å². The van der Waals surface area contributed by atoms with E-state index in [0.29, 0.717) is 28.7 Å². The molecule has 7 heteroatoms. The van der Waals surface area contributed by atoms with Crippen LogP contribution in [0.25, 0.3) is 11.3 Å². The van der Waals surface area contributed by atoms with Crippen LogP contribution in [0.2, 0.25) is 0 Å². The lowest BCUT2D eigenvalue weighted by Gasteiger charge is -2.05. The Morgan fingerprint density at radius 1 is 1.00 bits per heavy atom. The first-order chi connectivity index (χ1) is 13.7. The predicted octanol–water partition coefficient (Wildman–Crippen LogP) is 4.95. The van der Waals surface area contributed by atoms with E-state index in [-0.39, 0.29) is 12.5 Å². The number of nitrogens with zero attached hydrogens (tertiary/aromatic N) is 1. The van der Waals surface area contributed by atoms with E-state index in [2.05, 4.69) is 15.6 Å². The third kappa shape index (κ3) is 5.40. The topological polar surface area (TPSA) is 80.3 Å². The molecule has 3 aromatic rings. The van der Waals surface area contributed by atoms with Crippen molar-refractivity contribution in [2.24, 2.45) is 0 Å². The monoisotopic (exact) mass is 395 g/mol. The molecule has 0 fully saturated rings. The number of ether oxygens (including phenoxy) is 1. The maximum atomic E-state index is 12.5. The van der Waals surface area contributed by atoms with E-state index < -0.39 is 6.09 Å². The summed E-state index contributed by atoms with van der Waals surface area (Å²) in [5, 5.41) is 6.49. The minimum absolute atomic E-state index is 0.104. The van der Waals surface area contributed by atoms with Crippen molar-refractivity contribution in [3.8, 4) is 11.3 Å². The number of aromatic nitrogens is 1. The molecule has 0 aliphatic rings. The van der Waals surface area contributed by atoms with Crippen LogP contribution in [-0.2, 0) is 16.0 Å². The Morgan fingerprint density at radius 2 is 1.68 bits per heavy atom. The fraction of sp³-hybridized carbons (Fsp3) is 0.190. The number of benzene rings is 2. The fourth-order valence-electron chi connectivity index (χ4n) is 2.60. The number of aryl methyl sites for hydroxylation is 1. The van der Waals surface area contributed by atoms with Gasteiger partial charge in [0.05, 0.1) is 6.61 Å². The lowest BCUT2D eigenvalue weighted by Crippen LogP contribution is -2.12. The summed E-state index contributed by atoms with van der Waals surface area (Å²) < 4.78 is 4.90. The molecule has 0 bridgehead atoms. The van der Waals surface area contributed by atoms with E-state index >= 15 is 0 Å². The number of rotatable bonds is 7. The molecule has 0 unspecified atom stereocenters. The zero-order chi connectivity index (χ0) is 19.8. The van der Waals surface area contributed by atoms with Gasteiger partial charge in [0.15, 0.2) is 5.13 Å². The summed E-state index contributed by atoms with van der Waals surface area (Å²) in [7, 11) is 0. The molecular weight excluding hydrogens is 374 g/mol. The van der Waals surface area contributed by atoms with E-state index in [1.807, 2.05) is 60.7 Å². The van der Waals surface area contributed by atoms with Gasteiger partial charge in [0.2, 0.25) is 5.91 Å². The minimum Gasteiger partial charge on any atom is -0.450 e. The van der Waals surface area contributed by atoms with Gasteiger partial charge in [-0.05, 0) is 18.9 Å². The summed E-state index contributed by atoms with van der Waals surface area (Å²) in [6.07, 6.45) is 0.439.